The summed E-state index contributed by atoms with van der Waals surface area (Å²) in [6.45, 7) is 4.06. The molecule has 1 heterocycles. The van der Waals surface area contributed by atoms with Gasteiger partial charge in [-0.1, -0.05) is 24.3 Å². The first-order valence-corrected chi connectivity index (χ1v) is 8.82. The Kier molecular flexibility index (Phi) is 7.64. The molecule has 1 unspecified atom stereocenters. The van der Waals surface area contributed by atoms with Gasteiger partial charge in [-0.25, -0.2) is 4.79 Å². The quantitative estimate of drug-likeness (QED) is 0.634. The van der Waals surface area contributed by atoms with Gasteiger partial charge in [-0.15, -0.1) is 12.4 Å². The lowest BCUT2D eigenvalue weighted by Crippen LogP contribution is -2.31. The number of carbonyl (C=O) groups excluding carboxylic acids is 2. The van der Waals surface area contributed by atoms with Gasteiger partial charge in [0.05, 0.1) is 5.92 Å². The molecule has 27 heavy (non-hydrogen) atoms. The average molecular weight is 389 g/mol. The van der Waals surface area contributed by atoms with E-state index in [2.05, 4.69) is 21.3 Å². The van der Waals surface area contributed by atoms with Gasteiger partial charge in [0, 0.05) is 24.5 Å². The number of urea groups is 1. The molecular weight excluding hydrogens is 364 g/mol. The second-order valence-electron chi connectivity index (χ2n) is 6.56. The Morgan fingerprint density at radius 3 is 2.44 bits per heavy atom. The van der Waals surface area contributed by atoms with Crippen molar-refractivity contribution in [1.29, 1.82) is 0 Å². The third kappa shape index (κ3) is 6.27. The van der Waals surface area contributed by atoms with Gasteiger partial charge in [-0.2, -0.15) is 0 Å². The number of rotatable bonds is 5. The van der Waals surface area contributed by atoms with Crippen molar-refractivity contribution in [3.63, 3.8) is 0 Å². The molecule has 4 N–H and O–H groups in total. The number of anilines is 2. The zero-order chi connectivity index (χ0) is 18.4. The molecule has 0 aromatic heterocycles. The molecule has 2 aromatic carbocycles. The maximum absolute atomic E-state index is 12.1. The fraction of sp³-hybridized carbons (Fsp3) is 0.300. The van der Waals surface area contributed by atoms with Crippen LogP contribution in [0.25, 0.3) is 0 Å². The molecule has 6 nitrogen and oxygen atoms in total. The van der Waals surface area contributed by atoms with Crippen LogP contribution in [0.4, 0.5) is 16.2 Å². The van der Waals surface area contributed by atoms with E-state index in [1.165, 1.54) is 0 Å². The lowest BCUT2D eigenvalue weighted by Gasteiger charge is -2.12. The molecule has 144 valence electrons. The molecule has 1 saturated heterocycles. The second-order valence-corrected chi connectivity index (χ2v) is 6.56. The largest absolute Gasteiger partial charge is 0.352 e. The Hall–Kier alpha value is -2.57. The third-order valence-electron chi connectivity index (χ3n) is 4.36. The highest BCUT2D eigenvalue weighted by Crippen LogP contribution is 2.14. The predicted octanol–water partition coefficient (Wildman–Crippen LogP) is 3.29. The molecule has 0 aliphatic carbocycles. The molecule has 0 radical (unpaired) electrons. The molecule has 0 spiro atoms. The van der Waals surface area contributed by atoms with E-state index < -0.39 is 0 Å². The normalized spacial score (nSPS) is 15.5. The summed E-state index contributed by atoms with van der Waals surface area (Å²) < 4.78 is 0. The van der Waals surface area contributed by atoms with Crippen LogP contribution in [0.15, 0.2) is 48.5 Å². The van der Waals surface area contributed by atoms with E-state index in [1.54, 1.807) is 0 Å². The molecule has 1 aliphatic rings. The number of hydrogen-bond acceptors (Lipinski definition) is 3. The topological polar surface area (TPSA) is 82.3 Å². The zero-order valence-corrected chi connectivity index (χ0v) is 16.1. The van der Waals surface area contributed by atoms with Crippen LogP contribution < -0.4 is 21.3 Å². The number of hydrogen-bond donors (Lipinski definition) is 4. The number of benzene rings is 2. The van der Waals surface area contributed by atoms with Crippen LogP contribution in [-0.4, -0.2) is 25.0 Å². The average Bonchev–Trinajstić information content (AvgIpc) is 3.14. The van der Waals surface area contributed by atoms with Gasteiger partial charge in [0.15, 0.2) is 0 Å². The Morgan fingerprint density at radius 2 is 1.78 bits per heavy atom. The van der Waals surface area contributed by atoms with E-state index in [4.69, 9.17) is 0 Å². The van der Waals surface area contributed by atoms with E-state index in [9.17, 15) is 9.59 Å². The molecular formula is C20H25ClN4O2. The summed E-state index contributed by atoms with van der Waals surface area (Å²) in [4.78, 5) is 24.2. The van der Waals surface area contributed by atoms with E-state index in [0.29, 0.717) is 12.2 Å². The third-order valence-corrected chi connectivity index (χ3v) is 4.36. The Balaban J connectivity index is 0.00000261. The highest BCUT2D eigenvalue weighted by molar-refractivity contribution is 5.99. The van der Waals surface area contributed by atoms with Crippen molar-refractivity contribution in [1.82, 2.24) is 10.6 Å². The van der Waals surface area contributed by atoms with Crippen molar-refractivity contribution < 1.29 is 9.59 Å². The van der Waals surface area contributed by atoms with Crippen LogP contribution in [-0.2, 0) is 11.3 Å². The van der Waals surface area contributed by atoms with Crippen molar-refractivity contribution >= 4 is 35.7 Å². The van der Waals surface area contributed by atoms with Gasteiger partial charge in [0.1, 0.15) is 0 Å². The fourth-order valence-corrected chi connectivity index (χ4v) is 2.99. The van der Waals surface area contributed by atoms with Crippen LogP contribution in [0.5, 0.6) is 0 Å². The summed E-state index contributed by atoms with van der Waals surface area (Å²) in [6, 6.07) is 14.8. The summed E-state index contributed by atoms with van der Waals surface area (Å²) in [7, 11) is 0. The first-order chi connectivity index (χ1) is 12.6. The number of aryl methyl sites for hydroxylation is 1. The van der Waals surface area contributed by atoms with Crippen molar-refractivity contribution in [2.75, 3.05) is 23.7 Å². The minimum Gasteiger partial charge on any atom is -0.352 e. The molecule has 1 atom stereocenters. The number of amides is 3. The van der Waals surface area contributed by atoms with Crippen molar-refractivity contribution in [3.8, 4) is 0 Å². The second kappa shape index (κ2) is 9.94. The minimum absolute atomic E-state index is 0. The van der Waals surface area contributed by atoms with E-state index in [1.807, 2.05) is 55.5 Å². The summed E-state index contributed by atoms with van der Waals surface area (Å²) in [5.74, 6) is 0.127. The molecule has 3 rings (SSSR count). The van der Waals surface area contributed by atoms with Gasteiger partial charge in [0.25, 0.3) is 0 Å². The lowest BCUT2D eigenvalue weighted by molar-refractivity contribution is -0.124. The SMILES string of the molecule is Cc1cccc(NC(=O)Nc2cccc(CNC(=O)C3CCNC3)c2)c1.Cl. The molecule has 7 heteroatoms. The molecule has 3 amide bonds. The number of nitrogens with one attached hydrogen (secondary N) is 4. The fourth-order valence-electron chi connectivity index (χ4n) is 2.99. The zero-order valence-electron chi connectivity index (χ0n) is 15.2. The lowest BCUT2D eigenvalue weighted by atomic mass is 10.1. The number of halogens is 1. The maximum Gasteiger partial charge on any atom is 0.323 e. The highest BCUT2D eigenvalue weighted by Gasteiger charge is 2.21. The van der Waals surface area contributed by atoms with Gasteiger partial charge in [-0.05, 0) is 55.3 Å². The van der Waals surface area contributed by atoms with Crippen LogP contribution in [0.2, 0.25) is 0 Å². The van der Waals surface area contributed by atoms with Crippen LogP contribution in [0.1, 0.15) is 17.5 Å². The van der Waals surface area contributed by atoms with Crippen LogP contribution in [0.3, 0.4) is 0 Å². The summed E-state index contributed by atoms with van der Waals surface area (Å²) in [6.07, 6.45) is 0.882. The molecule has 1 fully saturated rings. The van der Waals surface area contributed by atoms with Gasteiger partial charge < -0.3 is 21.3 Å². The first kappa shape index (κ1) is 20.7. The summed E-state index contributed by atoms with van der Waals surface area (Å²) >= 11 is 0. The van der Waals surface area contributed by atoms with E-state index >= 15 is 0 Å². The monoisotopic (exact) mass is 388 g/mol. The van der Waals surface area contributed by atoms with Crippen molar-refractivity contribution in [3.05, 3.63) is 59.7 Å². The Morgan fingerprint density at radius 1 is 1.07 bits per heavy atom. The molecule has 0 bridgehead atoms. The van der Waals surface area contributed by atoms with Crippen molar-refractivity contribution in [2.24, 2.45) is 5.92 Å². The molecule has 2 aromatic rings. The van der Waals surface area contributed by atoms with Crippen LogP contribution in [0, 0.1) is 12.8 Å². The van der Waals surface area contributed by atoms with Gasteiger partial charge in [0.2, 0.25) is 5.91 Å². The van der Waals surface area contributed by atoms with Gasteiger partial charge in [-0.3, -0.25) is 4.79 Å². The number of carbonyl (C=O) groups is 2. The first-order valence-electron chi connectivity index (χ1n) is 8.82. The Labute approximate surface area is 165 Å². The standard InChI is InChI=1S/C20H24N4O2.ClH/c1-14-4-2-6-17(10-14)23-20(26)24-18-7-3-5-15(11-18)12-22-19(25)16-8-9-21-13-16;/h2-7,10-11,16,21H,8-9,12-13H2,1H3,(H,22,25)(H2,23,24,26);1H. The summed E-state index contributed by atoms with van der Waals surface area (Å²) in [5, 5.41) is 11.8. The molecule has 0 saturated carbocycles. The Bertz CT molecular complexity index is 791. The smallest absolute Gasteiger partial charge is 0.323 e. The molecule has 1 aliphatic heterocycles. The van der Waals surface area contributed by atoms with Gasteiger partial charge >= 0.3 is 6.03 Å². The van der Waals surface area contributed by atoms with E-state index in [0.717, 1.165) is 36.3 Å². The predicted molar refractivity (Wildman–Crippen MR) is 110 cm³/mol. The summed E-state index contributed by atoms with van der Waals surface area (Å²) in [5.41, 5.74) is 3.45. The highest BCUT2D eigenvalue weighted by atomic mass is 35.5. The van der Waals surface area contributed by atoms with Crippen LogP contribution >= 0.6 is 12.4 Å². The maximum atomic E-state index is 12.1. The van der Waals surface area contributed by atoms with E-state index in [-0.39, 0.29) is 30.3 Å². The minimum atomic E-state index is -0.297. The van der Waals surface area contributed by atoms with Crippen molar-refractivity contribution in [2.45, 2.75) is 19.9 Å².